The molecule has 0 aromatic heterocycles. The Hall–Kier alpha value is -1.03. The topological polar surface area (TPSA) is 26.0 Å². The summed E-state index contributed by atoms with van der Waals surface area (Å²) >= 11 is 0. The summed E-state index contributed by atoms with van der Waals surface area (Å²) in [4.78, 5) is 0. The van der Waals surface area contributed by atoms with E-state index < -0.39 is 11.7 Å². The summed E-state index contributed by atoms with van der Waals surface area (Å²) in [7, 11) is 0. The van der Waals surface area contributed by atoms with Gasteiger partial charge in [0.05, 0.1) is 5.56 Å². The summed E-state index contributed by atoms with van der Waals surface area (Å²) in [6.45, 7) is 0. The molecule has 1 fully saturated rings. The largest absolute Gasteiger partial charge is 0.416 e. The van der Waals surface area contributed by atoms with Crippen molar-refractivity contribution in [3.63, 3.8) is 0 Å². The number of benzene rings is 1. The molecule has 1 aromatic rings. The molecular formula is C15H20F3N. The standard InChI is InChI=1S/C15H20F3N/c16-15(17,18)13-7-3-6-12(8-13)10-14(19)9-11-4-1-2-5-11/h3,6-8,11,14H,1-2,4-5,9-10,19H2. The molecule has 1 atom stereocenters. The molecule has 1 aromatic carbocycles. The number of hydrogen-bond donors (Lipinski definition) is 1. The van der Waals surface area contributed by atoms with Gasteiger partial charge in [-0.3, -0.25) is 0 Å². The molecule has 4 heteroatoms. The minimum Gasteiger partial charge on any atom is -0.327 e. The minimum atomic E-state index is -4.27. The average Bonchev–Trinajstić information content (AvgIpc) is 2.80. The van der Waals surface area contributed by atoms with Gasteiger partial charge < -0.3 is 5.73 Å². The monoisotopic (exact) mass is 271 g/mol. The summed E-state index contributed by atoms with van der Waals surface area (Å²) in [6.07, 6.45) is 2.15. The van der Waals surface area contributed by atoms with E-state index in [1.807, 2.05) is 0 Å². The van der Waals surface area contributed by atoms with Gasteiger partial charge in [0.1, 0.15) is 0 Å². The van der Waals surface area contributed by atoms with Crippen LogP contribution in [-0.4, -0.2) is 6.04 Å². The molecule has 1 aliphatic rings. The van der Waals surface area contributed by atoms with Gasteiger partial charge in [0.2, 0.25) is 0 Å². The number of nitrogens with two attached hydrogens (primary N) is 1. The SMILES string of the molecule is NC(Cc1cccc(C(F)(F)F)c1)CC1CCCC1. The molecular weight excluding hydrogens is 251 g/mol. The normalized spacial score (nSPS) is 18.7. The second-order valence-corrected chi connectivity index (χ2v) is 5.55. The molecule has 0 radical (unpaired) electrons. The van der Waals surface area contributed by atoms with E-state index in [2.05, 4.69) is 0 Å². The molecule has 1 nitrogen and oxygen atoms in total. The third kappa shape index (κ3) is 4.23. The van der Waals surface area contributed by atoms with Gasteiger partial charge in [0.15, 0.2) is 0 Å². The fraction of sp³-hybridized carbons (Fsp3) is 0.600. The molecule has 0 heterocycles. The van der Waals surface area contributed by atoms with Crippen LogP contribution in [0.2, 0.25) is 0 Å². The predicted octanol–water partition coefficient (Wildman–Crippen LogP) is 4.16. The van der Waals surface area contributed by atoms with Crippen LogP contribution >= 0.6 is 0 Å². The Labute approximate surface area is 112 Å². The lowest BCUT2D eigenvalue weighted by Crippen LogP contribution is -2.25. The zero-order valence-electron chi connectivity index (χ0n) is 10.9. The molecule has 0 aliphatic heterocycles. The Morgan fingerprint density at radius 3 is 2.53 bits per heavy atom. The van der Waals surface area contributed by atoms with Gasteiger partial charge in [-0.15, -0.1) is 0 Å². The van der Waals surface area contributed by atoms with Crippen LogP contribution < -0.4 is 5.73 Å². The van der Waals surface area contributed by atoms with Crippen LogP contribution in [0.1, 0.15) is 43.2 Å². The van der Waals surface area contributed by atoms with Crippen molar-refractivity contribution in [1.29, 1.82) is 0 Å². The van der Waals surface area contributed by atoms with Crippen LogP contribution in [0.15, 0.2) is 24.3 Å². The minimum absolute atomic E-state index is 0.0356. The Morgan fingerprint density at radius 1 is 1.21 bits per heavy atom. The first-order valence-electron chi connectivity index (χ1n) is 6.87. The second-order valence-electron chi connectivity index (χ2n) is 5.55. The highest BCUT2D eigenvalue weighted by Crippen LogP contribution is 2.31. The predicted molar refractivity (Wildman–Crippen MR) is 69.7 cm³/mol. The highest BCUT2D eigenvalue weighted by molar-refractivity contribution is 5.26. The molecule has 0 spiro atoms. The van der Waals surface area contributed by atoms with Crippen LogP contribution in [0.4, 0.5) is 13.2 Å². The van der Waals surface area contributed by atoms with Crippen molar-refractivity contribution in [2.75, 3.05) is 0 Å². The Bertz CT molecular complexity index is 408. The van der Waals surface area contributed by atoms with Crippen molar-refractivity contribution in [1.82, 2.24) is 0 Å². The smallest absolute Gasteiger partial charge is 0.327 e. The van der Waals surface area contributed by atoms with E-state index in [1.54, 1.807) is 6.07 Å². The zero-order chi connectivity index (χ0) is 13.9. The molecule has 106 valence electrons. The van der Waals surface area contributed by atoms with Gasteiger partial charge in [0, 0.05) is 6.04 Å². The van der Waals surface area contributed by atoms with Crippen LogP contribution in [0.25, 0.3) is 0 Å². The van der Waals surface area contributed by atoms with Crippen molar-refractivity contribution in [2.24, 2.45) is 11.7 Å². The summed E-state index contributed by atoms with van der Waals surface area (Å²) < 4.78 is 37.8. The number of halogens is 3. The van der Waals surface area contributed by atoms with Crippen LogP contribution in [0, 0.1) is 5.92 Å². The van der Waals surface area contributed by atoms with Gasteiger partial charge in [0.25, 0.3) is 0 Å². The lowest BCUT2D eigenvalue weighted by atomic mass is 9.94. The fourth-order valence-electron chi connectivity index (χ4n) is 2.93. The van der Waals surface area contributed by atoms with E-state index in [0.29, 0.717) is 17.9 Å². The van der Waals surface area contributed by atoms with Crippen LogP contribution in [-0.2, 0) is 12.6 Å². The van der Waals surface area contributed by atoms with E-state index in [0.717, 1.165) is 12.5 Å². The van der Waals surface area contributed by atoms with Gasteiger partial charge >= 0.3 is 6.18 Å². The maximum atomic E-state index is 12.6. The van der Waals surface area contributed by atoms with E-state index in [-0.39, 0.29) is 6.04 Å². The lowest BCUT2D eigenvalue weighted by Gasteiger charge is -2.17. The van der Waals surface area contributed by atoms with Crippen molar-refractivity contribution in [2.45, 2.75) is 50.7 Å². The average molecular weight is 271 g/mol. The molecule has 1 saturated carbocycles. The molecule has 1 unspecified atom stereocenters. The van der Waals surface area contributed by atoms with Gasteiger partial charge in [-0.05, 0) is 30.4 Å². The van der Waals surface area contributed by atoms with E-state index in [1.165, 1.54) is 37.8 Å². The highest BCUT2D eigenvalue weighted by atomic mass is 19.4. The van der Waals surface area contributed by atoms with Crippen molar-refractivity contribution >= 4 is 0 Å². The number of alkyl halides is 3. The molecule has 19 heavy (non-hydrogen) atoms. The van der Waals surface area contributed by atoms with Crippen molar-refractivity contribution in [3.05, 3.63) is 35.4 Å². The maximum absolute atomic E-state index is 12.6. The van der Waals surface area contributed by atoms with Crippen molar-refractivity contribution < 1.29 is 13.2 Å². The van der Waals surface area contributed by atoms with Crippen LogP contribution in [0.3, 0.4) is 0 Å². The van der Waals surface area contributed by atoms with E-state index in [9.17, 15) is 13.2 Å². The maximum Gasteiger partial charge on any atom is 0.416 e. The molecule has 2 N–H and O–H groups in total. The molecule has 2 rings (SSSR count). The lowest BCUT2D eigenvalue weighted by molar-refractivity contribution is -0.137. The summed E-state index contributed by atoms with van der Waals surface area (Å²) in [5.74, 6) is 0.667. The van der Waals surface area contributed by atoms with E-state index in [4.69, 9.17) is 5.73 Å². The Kier molecular flexibility index (Phi) is 4.50. The summed E-state index contributed by atoms with van der Waals surface area (Å²) in [5, 5.41) is 0. The number of rotatable bonds is 4. The van der Waals surface area contributed by atoms with Gasteiger partial charge in [-0.2, -0.15) is 13.2 Å². The fourth-order valence-corrected chi connectivity index (χ4v) is 2.93. The Morgan fingerprint density at radius 2 is 1.89 bits per heavy atom. The molecule has 0 bridgehead atoms. The summed E-state index contributed by atoms with van der Waals surface area (Å²) in [5.41, 5.74) is 6.16. The van der Waals surface area contributed by atoms with Crippen LogP contribution in [0.5, 0.6) is 0 Å². The van der Waals surface area contributed by atoms with Gasteiger partial charge in [-0.25, -0.2) is 0 Å². The third-order valence-corrected chi connectivity index (χ3v) is 3.86. The second kappa shape index (κ2) is 5.95. The first-order valence-corrected chi connectivity index (χ1v) is 6.87. The zero-order valence-corrected chi connectivity index (χ0v) is 10.9. The first-order chi connectivity index (χ1) is 8.95. The Balaban J connectivity index is 1.94. The van der Waals surface area contributed by atoms with Gasteiger partial charge in [-0.1, -0.05) is 43.9 Å². The van der Waals surface area contributed by atoms with Crippen molar-refractivity contribution in [3.8, 4) is 0 Å². The third-order valence-electron chi connectivity index (χ3n) is 3.86. The molecule has 1 aliphatic carbocycles. The van der Waals surface area contributed by atoms with E-state index >= 15 is 0 Å². The molecule has 0 saturated heterocycles. The first kappa shape index (κ1) is 14.4. The highest BCUT2D eigenvalue weighted by Gasteiger charge is 2.30. The summed E-state index contributed by atoms with van der Waals surface area (Å²) in [6, 6.07) is 5.47. The quantitative estimate of drug-likeness (QED) is 0.874. The number of hydrogen-bond acceptors (Lipinski definition) is 1. The molecule has 0 amide bonds.